The molecule has 2 aromatic heterocycles. The van der Waals surface area contributed by atoms with E-state index in [1.165, 1.54) is 23.1 Å². The second-order valence-corrected chi connectivity index (χ2v) is 7.27. The van der Waals surface area contributed by atoms with Gasteiger partial charge >= 0.3 is 5.97 Å². The normalized spacial score (nSPS) is 14.4. The van der Waals surface area contributed by atoms with Gasteiger partial charge in [-0.05, 0) is 31.4 Å². The van der Waals surface area contributed by atoms with E-state index in [1.54, 1.807) is 6.92 Å². The SMILES string of the molecule is Cc1nc(C2CC2)nc(SCc2nnc(Cl)s2)c1C(=O)O. The van der Waals surface area contributed by atoms with Crippen molar-refractivity contribution in [1.82, 2.24) is 20.2 Å². The summed E-state index contributed by atoms with van der Waals surface area (Å²) in [5.74, 6) is 0.607. The van der Waals surface area contributed by atoms with Crippen LogP contribution in [-0.2, 0) is 5.75 Å². The van der Waals surface area contributed by atoms with E-state index in [-0.39, 0.29) is 5.56 Å². The maximum Gasteiger partial charge on any atom is 0.340 e. The van der Waals surface area contributed by atoms with Crippen LogP contribution < -0.4 is 0 Å². The number of hydrogen-bond donors (Lipinski definition) is 1. The molecule has 3 rings (SSSR count). The van der Waals surface area contributed by atoms with Gasteiger partial charge in [0.25, 0.3) is 0 Å². The van der Waals surface area contributed by atoms with E-state index in [1.807, 2.05) is 0 Å². The summed E-state index contributed by atoms with van der Waals surface area (Å²) in [7, 11) is 0. The van der Waals surface area contributed by atoms with Gasteiger partial charge in [-0.15, -0.1) is 10.2 Å². The number of aromatic carboxylic acids is 1. The molecule has 0 saturated heterocycles. The van der Waals surface area contributed by atoms with Crippen LogP contribution >= 0.6 is 34.7 Å². The van der Waals surface area contributed by atoms with Gasteiger partial charge in [0.2, 0.25) is 4.47 Å². The number of carbonyl (C=O) groups is 1. The minimum atomic E-state index is -1.01. The fourth-order valence-electron chi connectivity index (χ4n) is 1.86. The van der Waals surface area contributed by atoms with Gasteiger partial charge in [0.05, 0.1) is 11.4 Å². The lowest BCUT2D eigenvalue weighted by Gasteiger charge is -2.09. The Morgan fingerprint density at radius 1 is 1.43 bits per heavy atom. The predicted molar refractivity (Wildman–Crippen MR) is 80.2 cm³/mol. The molecule has 0 unspecified atom stereocenters. The third-order valence-corrected chi connectivity index (χ3v) is 5.19. The Morgan fingerprint density at radius 2 is 2.19 bits per heavy atom. The number of aromatic nitrogens is 4. The Balaban J connectivity index is 1.88. The summed E-state index contributed by atoms with van der Waals surface area (Å²) in [5.41, 5.74) is 0.678. The Bertz CT molecular complexity index is 703. The van der Waals surface area contributed by atoms with Gasteiger partial charge in [0.15, 0.2) is 0 Å². The van der Waals surface area contributed by atoms with Crippen LogP contribution in [-0.4, -0.2) is 31.2 Å². The highest BCUT2D eigenvalue weighted by Crippen LogP contribution is 2.39. The van der Waals surface area contributed by atoms with Crippen LogP contribution in [0.25, 0.3) is 0 Å². The van der Waals surface area contributed by atoms with E-state index < -0.39 is 5.97 Å². The summed E-state index contributed by atoms with van der Waals surface area (Å²) in [6.07, 6.45) is 2.14. The first-order valence-electron chi connectivity index (χ1n) is 6.27. The van der Waals surface area contributed by atoms with E-state index in [4.69, 9.17) is 11.6 Å². The number of aryl methyl sites for hydroxylation is 1. The van der Waals surface area contributed by atoms with Crippen molar-refractivity contribution in [1.29, 1.82) is 0 Å². The Kier molecular flexibility index (Phi) is 4.10. The molecule has 0 atom stereocenters. The minimum Gasteiger partial charge on any atom is -0.478 e. The molecule has 0 spiro atoms. The number of carboxylic acids is 1. The Morgan fingerprint density at radius 3 is 2.76 bits per heavy atom. The molecule has 0 amide bonds. The zero-order valence-electron chi connectivity index (χ0n) is 11.0. The van der Waals surface area contributed by atoms with Crippen molar-refractivity contribution in [2.24, 2.45) is 0 Å². The number of nitrogens with zero attached hydrogens (tertiary/aromatic N) is 4. The fraction of sp³-hybridized carbons (Fsp3) is 0.417. The molecule has 21 heavy (non-hydrogen) atoms. The molecule has 1 aliphatic rings. The smallest absolute Gasteiger partial charge is 0.340 e. The summed E-state index contributed by atoms with van der Waals surface area (Å²) < 4.78 is 0.376. The molecule has 110 valence electrons. The van der Waals surface area contributed by atoms with Crippen LogP contribution in [0.15, 0.2) is 5.03 Å². The molecule has 2 aromatic rings. The second kappa shape index (κ2) is 5.86. The molecular weight excluding hydrogens is 332 g/mol. The quantitative estimate of drug-likeness (QED) is 0.659. The molecule has 1 aliphatic carbocycles. The topological polar surface area (TPSA) is 88.9 Å². The zero-order chi connectivity index (χ0) is 15.0. The molecule has 6 nitrogen and oxygen atoms in total. The Hall–Kier alpha value is -1.25. The summed E-state index contributed by atoms with van der Waals surface area (Å²) in [5, 5.41) is 18.2. The number of halogens is 1. The molecule has 0 bridgehead atoms. The minimum absolute atomic E-state index is 0.167. The van der Waals surface area contributed by atoms with E-state index in [9.17, 15) is 9.90 Å². The van der Waals surface area contributed by atoms with E-state index in [0.29, 0.717) is 26.9 Å². The van der Waals surface area contributed by atoms with Crippen LogP contribution in [0.2, 0.25) is 4.47 Å². The van der Waals surface area contributed by atoms with Gasteiger partial charge < -0.3 is 5.11 Å². The first-order valence-corrected chi connectivity index (χ1v) is 8.45. The molecule has 1 saturated carbocycles. The van der Waals surface area contributed by atoms with Gasteiger partial charge in [0, 0.05) is 5.92 Å². The molecule has 9 heteroatoms. The highest BCUT2D eigenvalue weighted by Gasteiger charge is 2.29. The Labute approximate surface area is 134 Å². The monoisotopic (exact) mass is 342 g/mol. The van der Waals surface area contributed by atoms with Crippen LogP contribution in [0.3, 0.4) is 0 Å². The number of rotatable bonds is 5. The molecule has 0 aliphatic heterocycles. The fourth-order valence-corrected chi connectivity index (χ4v) is 3.79. The maximum atomic E-state index is 11.4. The van der Waals surface area contributed by atoms with Crippen molar-refractivity contribution in [3.8, 4) is 0 Å². The van der Waals surface area contributed by atoms with Gasteiger partial charge in [-0.2, -0.15) is 0 Å². The van der Waals surface area contributed by atoms with Crippen LogP contribution in [0.1, 0.15) is 45.6 Å². The molecule has 1 fully saturated rings. The van der Waals surface area contributed by atoms with Crippen molar-refractivity contribution < 1.29 is 9.90 Å². The molecule has 0 aromatic carbocycles. The third-order valence-electron chi connectivity index (χ3n) is 3.00. The largest absolute Gasteiger partial charge is 0.478 e. The van der Waals surface area contributed by atoms with Gasteiger partial charge in [-0.1, -0.05) is 23.1 Å². The van der Waals surface area contributed by atoms with Gasteiger partial charge in [-0.3, -0.25) is 0 Å². The predicted octanol–water partition coefficient (Wildman–Crippen LogP) is 3.16. The maximum absolute atomic E-state index is 11.4. The summed E-state index contributed by atoms with van der Waals surface area (Å²) >= 11 is 8.35. The average Bonchev–Trinajstić information content (AvgIpc) is 3.18. The zero-order valence-corrected chi connectivity index (χ0v) is 13.4. The summed E-state index contributed by atoms with van der Waals surface area (Å²) in [6, 6.07) is 0. The first-order chi connectivity index (χ1) is 10.0. The standard InChI is InChI=1S/C12H11ClN4O2S2/c1-5-8(11(18)19)10(15-9(14-5)6-2-3-6)20-4-7-16-17-12(13)21-7/h6H,2-4H2,1H3,(H,18,19). The highest BCUT2D eigenvalue weighted by molar-refractivity contribution is 7.98. The lowest BCUT2D eigenvalue weighted by molar-refractivity contribution is 0.0690. The molecule has 1 N–H and O–H groups in total. The summed E-state index contributed by atoms with van der Waals surface area (Å²) in [6.45, 7) is 1.71. The lowest BCUT2D eigenvalue weighted by atomic mass is 10.2. The first kappa shape index (κ1) is 14.7. The molecular formula is C12H11ClN4O2S2. The molecule has 0 radical (unpaired) electrons. The number of thioether (sulfide) groups is 1. The van der Waals surface area contributed by atoms with Crippen molar-refractivity contribution in [2.75, 3.05) is 0 Å². The van der Waals surface area contributed by atoms with Crippen molar-refractivity contribution >= 4 is 40.7 Å². The van der Waals surface area contributed by atoms with Gasteiger partial charge in [-0.25, -0.2) is 14.8 Å². The average molecular weight is 343 g/mol. The van der Waals surface area contributed by atoms with Crippen LogP contribution in [0.4, 0.5) is 0 Å². The number of carboxylic acid groups (broad SMARTS) is 1. The molecule has 2 heterocycles. The van der Waals surface area contributed by atoms with E-state index in [2.05, 4.69) is 20.2 Å². The second-order valence-electron chi connectivity index (χ2n) is 4.66. The van der Waals surface area contributed by atoms with E-state index in [0.717, 1.165) is 23.7 Å². The van der Waals surface area contributed by atoms with Crippen molar-refractivity contribution in [2.45, 2.75) is 36.5 Å². The summed E-state index contributed by atoms with van der Waals surface area (Å²) in [4.78, 5) is 20.2. The van der Waals surface area contributed by atoms with Crippen LogP contribution in [0.5, 0.6) is 0 Å². The number of hydrogen-bond acceptors (Lipinski definition) is 7. The van der Waals surface area contributed by atoms with Crippen LogP contribution in [0, 0.1) is 6.92 Å². The van der Waals surface area contributed by atoms with Gasteiger partial charge in [0.1, 0.15) is 21.4 Å². The van der Waals surface area contributed by atoms with Crippen molar-refractivity contribution in [3.63, 3.8) is 0 Å². The lowest BCUT2D eigenvalue weighted by Crippen LogP contribution is -2.09. The van der Waals surface area contributed by atoms with E-state index >= 15 is 0 Å². The highest BCUT2D eigenvalue weighted by atomic mass is 35.5. The third kappa shape index (κ3) is 3.33. The van der Waals surface area contributed by atoms with Crippen molar-refractivity contribution in [3.05, 3.63) is 26.6 Å².